The molecular formula is C20H22N2O2. The monoisotopic (exact) mass is 322 g/mol. The van der Waals surface area contributed by atoms with E-state index in [1.165, 1.54) is 11.1 Å². The van der Waals surface area contributed by atoms with Crippen molar-refractivity contribution < 1.29 is 4.42 Å². The number of para-hydroxylation sites is 1. The molecule has 0 N–H and O–H groups in total. The summed E-state index contributed by atoms with van der Waals surface area (Å²) in [6.07, 6.45) is 2.06. The minimum Gasteiger partial charge on any atom is -0.408 e. The summed E-state index contributed by atoms with van der Waals surface area (Å²) in [5.41, 5.74) is 4.22. The molecule has 4 rings (SSSR count). The highest BCUT2D eigenvalue weighted by molar-refractivity contribution is 5.77. The maximum atomic E-state index is 12.2. The van der Waals surface area contributed by atoms with Crippen molar-refractivity contribution in [1.82, 2.24) is 9.47 Å². The summed E-state index contributed by atoms with van der Waals surface area (Å²) in [4.78, 5) is 14.7. The van der Waals surface area contributed by atoms with E-state index in [9.17, 15) is 4.79 Å². The summed E-state index contributed by atoms with van der Waals surface area (Å²) in [7, 11) is 0. The average Bonchev–Trinajstić information content (AvgIpc) is 2.93. The van der Waals surface area contributed by atoms with Crippen molar-refractivity contribution in [3.8, 4) is 0 Å². The van der Waals surface area contributed by atoms with Crippen LogP contribution in [0.3, 0.4) is 0 Å². The van der Waals surface area contributed by atoms with Crippen LogP contribution in [0.2, 0.25) is 0 Å². The predicted molar refractivity (Wildman–Crippen MR) is 95.1 cm³/mol. The molecule has 0 saturated heterocycles. The maximum absolute atomic E-state index is 12.2. The predicted octanol–water partition coefficient (Wildman–Crippen LogP) is 3.43. The minimum absolute atomic E-state index is 0.238. The van der Waals surface area contributed by atoms with Crippen LogP contribution >= 0.6 is 0 Å². The molecule has 2 heterocycles. The lowest BCUT2D eigenvalue weighted by Crippen LogP contribution is -2.43. The van der Waals surface area contributed by atoms with E-state index in [2.05, 4.69) is 42.2 Å². The SMILES string of the molecule is CCCN(Cc1ccccc1)C1Cc2cccc3oc(=O)n(c23)C1. The molecule has 24 heavy (non-hydrogen) atoms. The van der Waals surface area contributed by atoms with Crippen LogP contribution in [0.4, 0.5) is 0 Å². The van der Waals surface area contributed by atoms with Crippen molar-refractivity contribution in [1.29, 1.82) is 0 Å². The Morgan fingerprint density at radius 3 is 2.79 bits per heavy atom. The zero-order chi connectivity index (χ0) is 16.5. The third kappa shape index (κ3) is 2.67. The number of hydrogen-bond donors (Lipinski definition) is 0. The lowest BCUT2D eigenvalue weighted by molar-refractivity contribution is 0.163. The summed E-state index contributed by atoms with van der Waals surface area (Å²) in [6, 6.07) is 16.8. The van der Waals surface area contributed by atoms with Crippen molar-refractivity contribution in [3.05, 3.63) is 70.2 Å². The third-order valence-electron chi connectivity index (χ3n) is 4.87. The zero-order valence-corrected chi connectivity index (χ0v) is 13.9. The van der Waals surface area contributed by atoms with Gasteiger partial charge in [-0.25, -0.2) is 4.79 Å². The van der Waals surface area contributed by atoms with Gasteiger partial charge in [0.1, 0.15) is 0 Å². The molecule has 0 radical (unpaired) electrons. The fourth-order valence-electron chi connectivity index (χ4n) is 3.80. The van der Waals surface area contributed by atoms with Gasteiger partial charge in [-0.3, -0.25) is 9.47 Å². The molecule has 0 amide bonds. The number of oxazole rings is 1. The Labute approximate surface area is 141 Å². The Kier molecular flexibility index (Phi) is 3.98. The van der Waals surface area contributed by atoms with Crippen molar-refractivity contribution in [2.45, 2.75) is 38.9 Å². The van der Waals surface area contributed by atoms with Crippen LogP contribution in [0.1, 0.15) is 24.5 Å². The van der Waals surface area contributed by atoms with Crippen LogP contribution in [-0.4, -0.2) is 22.1 Å². The quantitative estimate of drug-likeness (QED) is 0.722. The van der Waals surface area contributed by atoms with Crippen LogP contribution in [0, 0.1) is 0 Å². The Morgan fingerprint density at radius 2 is 2.00 bits per heavy atom. The van der Waals surface area contributed by atoms with Gasteiger partial charge in [0.15, 0.2) is 5.58 Å². The first kappa shape index (κ1) is 15.2. The van der Waals surface area contributed by atoms with Gasteiger partial charge in [-0.1, -0.05) is 49.4 Å². The van der Waals surface area contributed by atoms with Crippen molar-refractivity contribution in [2.75, 3.05) is 6.54 Å². The fraction of sp³-hybridized carbons (Fsp3) is 0.350. The molecule has 1 unspecified atom stereocenters. The van der Waals surface area contributed by atoms with E-state index in [0.29, 0.717) is 18.2 Å². The number of aromatic nitrogens is 1. The van der Waals surface area contributed by atoms with Gasteiger partial charge in [0.25, 0.3) is 0 Å². The highest BCUT2D eigenvalue weighted by Crippen LogP contribution is 2.27. The van der Waals surface area contributed by atoms with Crippen LogP contribution in [0.5, 0.6) is 0 Å². The smallest absolute Gasteiger partial charge is 0.408 e. The molecule has 0 saturated carbocycles. The lowest BCUT2D eigenvalue weighted by Gasteiger charge is -2.34. The summed E-state index contributed by atoms with van der Waals surface area (Å²) >= 11 is 0. The highest BCUT2D eigenvalue weighted by Gasteiger charge is 2.28. The number of hydrogen-bond acceptors (Lipinski definition) is 3. The highest BCUT2D eigenvalue weighted by atomic mass is 16.4. The topological polar surface area (TPSA) is 38.4 Å². The van der Waals surface area contributed by atoms with Crippen LogP contribution in [0.15, 0.2) is 57.7 Å². The largest absolute Gasteiger partial charge is 0.420 e. The average molecular weight is 322 g/mol. The molecule has 124 valence electrons. The van der Waals surface area contributed by atoms with Crippen LogP contribution in [0.25, 0.3) is 11.1 Å². The second-order valence-electron chi connectivity index (χ2n) is 6.56. The van der Waals surface area contributed by atoms with Crippen molar-refractivity contribution in [2.24, 2.45) is 0 Å². The first-order valence-electron chi connectivity index (χ1n) is 8.65. The maximum Gasteiger partial charge on any atom is 0.420 e. The lowest BCUT2D eigenvalue weighted by atomic mass is 9.98. The van der Waals surface area contributed by atoms with E-state index in [4.69, 9.17) is 4.42 Å². The molecule has 4 nitrogen and oxygen atoms in total. The van der Waals surface area contributed by atoms with Gasteiger partial charge >= 0.3 is 5.76 Å². The number of nitrogens with zero attached hydrogens (tertiary/aromatic N) is 2. The van der Waals surface area contributed by atoms with Gasteiger partial charge in [-0.15, -0.1) is 0 Å². The molecule has 1 aromatic heterocycles. The third-order valence-corrected chi connectivity index (χ3v) is 4.87. The molecule has 0 bridgehead atoms. The molecule has 4 heteroatoms. The Balaban J connectivity index is 1.66. The Morgan fingerprint density at radius 1 is 1.17 bits per heavy atom. The van der Waals surface area contributed by atoms with Gasteiger partial charge in [-0.05, 0) is 36.6 Å². The molecule has 1 aliphatic rings. The molecular weight excluding hydrogens is 300 g/mol. The van der Waals surface area contributed by atoms with E-state index < -0.39 is 0 Å². The fourth-order valence-corrected chi connectivity index (χ4v) is 3.80. The van der Waals surface area contributed by atoms with E-state index >= 15 is 0 Å². The van der Waals surface area contributed by atoms with Crippen LogP contribution in [-0.2, 0) is 19.5 Å². The summed E-state index contributed by atoms with van der Waals surface area (Å²) in [6.45, 7) is 4.85. The van der Waals surface area contributed by atoms with Gasteiger partial charge < -0.3 is 4.42 Å². The van der Waals surface area contributed by atoms with Crippen LogP contribution < -0.4 is 5.76 Å². The second-order valence-corrected chi connectivity index (χ2v) is 6.56. The number of rotatable bonds is 5. The Hall–Kier alpha value is -2.33. The van der Waals surface area contributed by atoms with Gasteiger partial charge in [0, 0.05) is 19.1 Å². The molecule has 1 aliphatic heterocycles. The molecule has 0 aliphatic carbocycles. The van der Waals surface area contributed by atoms with Crippen molar-refractivity contribution >= 4 is 11.1 Å². The van der Waals surface area contributed by atoms with E-state index in [0.717, 1.165) is 31.4 Å². The van der Waals surface area contributed by atoms with E-state index in [-0.39, 0.29) is 5.76 Å². The first-order chi connectivity index (χ1) is 11.8. The van der Waals surface area contributed by atoms with E-state index in [1.54, 1.807) is 0 Å². The summed E-state index contributed by atoms with van der Waals surface area (Å²) < 4.78 is 7.22. The van der Waals surface area contributed by atoms with E-state index in [1.807, 2.05) is 22.8 Å². The summed E-state index contributed by atoms with van der Waals surface area (Å²) in [5.74, 6) is -0.238. The standard InChI is InChI=1S/C20H22N2O2/c1-2-11-21(13-15-7-4-3-5-8-15)17-12-16-9-6-10-18-19(16)22(14-17)20(23)24-18/h3-10,17H,2,11-14H2,1H3. The first-order valence-corrected chi connectivity index (χ1v) is 8.65. The molecule has 1 atom stereocenters. The molecule has 2 aromatic carbocycles. The molecule has 0 fully saturated rings. The Bertz CT molecular complexity index is 895. The van der Waals surface area contributed by atoms with Gasteiger partial charge in [-0.2, -0.15) is 0 Å². The second kappa shape index (κ2) is 6.29. The normalized spacial score (nSPS) is 16.8. The molecule has 3 aromatic rings. The summed E-state index contributed by atoms with van der Waals surface area (Å²) in [5, 5.41) is 0. The van der Waals surface area contributed by atoms with Gasteiger partial charge in [0.05, 0.1) is 5.52 Å². The minimum atomic E-state index is -0.238. The molecule has 0 spiro atoms. The van der Waals surface area contributed by atoms with Crippen molar-refractivity contribution in [3.63, 3.8) is 0 Å². The van der Waals surface area contributed by atoms with Gasteiger partial charge in [0.2, 0.25) is 0 Å². The number of benzene rings is 2. The zero-order valence-electron chi connectivity index (χ0n) is 13.9.